The van der Waals surface area contributed by atoms with E-state index in [2.05, 4.69) is 10.3 Å². The third-order valence-corrected chi connectivity index (χ3v) is 5.84. The predicted octanol–water partition coefficient (Wildman–Crippen LogP) is 2.99. The van der Waals surface area contributed by atoms with Gasteiger partial charge in [-0.1, -0.05) is 54.6 Å². The van der Waals surface area contributed by atoms with Crippen LogP contribution < -0.4 is 5.32 Å². The Morgan fingerprint density at radius 1 is 1.15 bits per heavy atom. The Morgan fingerprint density at radius 2 is 1.88 bits per heavy atom. The van der Waals surface area contributed by atoms with Gasteiger partial charge in [0.05, 0.1) is 25.1 Å². The van der Waals surface area contributed by atoms with Crippen LogP contribution in [0.25, 0.3) is 11.1 Å². The molecule has 2 amide bonds. The van der Waals surface area contributed by atoms with Crippen molar-refractivity contribution in [3.8, 4) is 11.1 Å². The number of hydrogen-bond donors (Lipinski definition) is 2. The lowest BCUT2D eigenvalue weighted by Crippen LogP contribution is -2.37. The highest BCUT2D eigenvalue weighted by Crippen LogP contribution is 2.33. The summed E-state index contributed by atoms with van der Waals surface area (Å²) in [6, 6.07) is 16.7. The minimum atomic E-state index is -1.17. The van der Waals surface area contributed by atoms with Crippen LogP contribution in [0.5, 0.6) is 0 Å². The van der Waals surface area contributed by atoms with Crippen molar-refractivity contribution in [2.75, 3.05) is 6.54 Å². The smallest absolute Gasteiger partial charge is 0.326 e. The van der Waals surface area contributed by atoms with Gasteiger partial charge >= 0.3 is 5.97 Å². The van der Waals surface area contributed by atoms with Crippen molar-refractivity contribution in [1.82, 2.24) is 15.2 Å². The topological polar surface area (TPSA) is 113 Å². The third-order valence-electron chi connectivity index (χ3n) is 5.84. The van der Waals surface area contributed by atoms with Crippen LogP contribution >= 0.6 is 0 Å². The maximum absolute atomic E-state index is 13.0. The Kier molecular flexibility index (Phi) is 6.83. The van der Waals surface area contributed by atoms with Crippen molar-refractivity contribution >= 4 is 18.3 Å². The lowest BCUT2D eigenvalue weighted by Gasteiger charge is -2.23. The normalized spacial score (nSPS) is 16.4. The number of nitrogens with zero attached hydrogens (tertiary/aromatic N) is 2. The SMILES string of the molecule is O=CNC(Cc1ncc(C2CCCN2C(=O)Cc2ccc(-c3ccccc3)cc2)o1)C(=O)O. The van der Waals surface area contributed by atoms with Gasteiger partial charge in [-0.15, -0.1) is 0 Å². The number of carboxylic acids is 1. The standard InChI is InChI=1S/C25H25N3O5/c29-16-27-20(25(31)32)14-23-26-15-22(33-23)21-7-4-12-28(21)24(30)13-17-8-10-19(11-9-17)18-5-2-1-3-6-18/h1-3,5-6,8-11,15-16,20-21H,4,7,12-14H2,(H,27,29)(H,31,32). The van der Waals surface area contributed by atoms with E-state index in [1.807, 2.05) is 54.6 Å². The first kappa shape index (κ1) is 22.3. The Morgan fingerprint density at radius 3 is 2.58 bits per heavy atom. The van der Waals surface area contributed by atoms with Gasteiger partial charge in [-0.2, -0.15) is 0 Å². The maximum atomic E-state index is 13.0. The van der Waals surface area contributed by atoms with E-state index < -0.39 is 12.0 Å². The zero-order valence-electron chi connectivity index (χ0n) is 18.0. The number of nitrogens with one attached hydrogen (secondary N) is 1. The number of aliphatic carboxylic acids is 1. The molecule has 2 N–H and O–H groups in total. The van der Waals surface area contributed by atoms with Gasteiger partial charge in [-0.05, 0) is 29.5 Å². The molecule has 2 atom stereocenters. The summed E-state index contributed by atoms with van der Waals surface area (Å²) in [6.45, 7) is 0.631. The van der Waals surface area contributed by atoms with Gasteiger partial charge in [-0.3, -0.25) is 9.59 Å². The molecule has 1 saturated heterocycles. The largest absolute Gasteiger partial charge is 0.480 e. The van der Waals surface area contributed by atoms with Crippen LogP contribution in [-0.2, 0) is 27.2 Å². The zero-order valence-corrected chi connectivity index (χ0v) is 18.0. The van der Waals surface area contributed by atoms with Crippen LogP contribution in [0.3, 0.4) is 0 Å². The lowest BCUT2D eigenvalue weighted by atomic mass is 10.0. The van der Waals surface area contributed by atoms with Gasteiger partial charge in [0.1, 0.15) is 11.8 Å². The number of carboxylic acid groups (broad SMARTS) is 1. The number of likely N-dealkylation sites (tertiary alicyclic amines) is 1. The molecule has 1 aliphatic rings. The number of amides is 2. The fraction of sp³-hybridized carbons (Fsp3) is 0.280. The number of oxazole rings is 1. The van der Waals surface area contributed by atoms with Crippen LogP contribution in [0.1, 0.15) is 36.1 Å². The number of aromatic nitrogens is 1. The number of carbonyl (C=O) groups is 3. The fourth-order valence-corrected chi connectivity index (χ4v) is 4.13. The molecular formula is C25H25N3O5. The molecule has 2 aromatic carbocycles. The highest BCUT2D eigenvalue weighted by atomic mass is 16.4. The van der Waals surface area contributed by atoms with Crippen molar-refractivity contribution in [3.05, 3.63) is 78.0 Å². The molecule has 1 aliphatic heterocycles. The van der Waals surface area contributed by atoms with E-state index in [1.54, 1.807) is 11.1 Å². The Bertz CT molecular complexity index is 1110. The number of hydrogen-bond acceptors (Lipinski definition) is 5. The van der Waals surface area contributed by atoms with Gasteiger partial charge in [0.15, 0.2) is 5.89 Å². The number of rotatable bonds is 9. The monoisotopic (exact) mass is 447 g/mol. The molecule has 2 unspecified atom stereocenters. The molecular weight excluding hydrogens is 422 g/mol. The first-order valence-electron chi connectivity index (χ1n) is 10.9. The molecule has 170 valence electrons. The van der Waals surface area contributed by atoms with Crippen molar-refractivity contribution in [1.29, 1.82) is 0 Å². The van der Waals surface area contributed by atoms with E-state index in [9.17, 15) is 19.5 Å². The molecule has 0 saturated carbocycles. The van der Waals surface area contributed by atoms with Gasteiger partial charge in [0.2, 0.25) is 12.3 Å². The average Bonchev–Trinajstić information content (AvgIpc) is 3.49. The minimum absolute atomic E-state index is 0.00828. The molecule has 8 heteroatoms. The summed E-state index contributed by atoms with van der Waals surface area (Å²) in [5.41, 5.74) is 3.17. The van der Waals surface area contributed by atoms with Crippen LogP contribution in [0, 0.1) is 0 Å². The van der Waals surface area contributed by atoms with E-state index >= 15 is 0 Å². The first-order chi connectivity index (χ1) is 16.0. The molecule has 1 aromatic heterocycles. The summed E-state index contributed by atoms with van der Waals surface area (Å²) in [5.74, 6) is -0.417. The van der Waals surface area contributed by atoms with Crippen LogP contribution in [0.4, 0.5) is 0 Å². The van der Waals surface area contributed by atoms with Crippen LogP contribution in [0.15, 0.2) is 65.2 Å². The average molecular weight is 447 g/mol. The Balaban J connectivity index is 1.41. The van der Waals surface area contributed by atoms with E-state index in [-0.39, 0.29) is 30.7 Å². The van der Waals surface area contributed by atoms with E-state index in [1.165, 1.54) is 0 Å². The second-order valence-corrected chi connectivity index (χ2v) is 8.02. The third kappa shape index (κ3) is 5.28. The highest BCUT2D eigenvalue weighted by molar-refractivity contribution is 5.80. The zero-order chi connectivity index (χ0) is 23.2. The van der Waals surface area contributed by atoms with Gasteiger partial charge in [-0.25, -0.2) is 9.78 Å². The van der Waals surface area contributed by atoms with E-state index in [0.29, 0.717) is 18.7 Å². The number of benzene rings is 2. The fourth-order valence-electron chi connectivity index (χ4n) is 4.13. The Hall–Kier alpha value is -3.94. The molecule has 0 radical (unpaired) electrons. The molecule has 4 rings (SSSR count). The van der Waals surface area contributed by atoms with Gasteiger partial charge < -0.3 is 19.7 Å². The van der Waals surface area contributed by atoms with Gasteiger partial charge in [0, 0.05) is 6.54 Å². The molecule has 8 nitrogen and oxygen atoms in total. The minimum Gasteiger partial charge on any atom is -0.480 e. The molecule has 0 bridgehead atoms. The summed E-state index contributed by atoms with van der Waals surface area (Å²) in [6.07, 6.45) is 3.71. The second kappa shape index (κ2) is 10.1. The lowest BCUT2D eigenvalue weighted by molar-refractivity contribution is -0.140. The maximum Gasteiger partial charge on any atom is 0.326 e. The summed E-state index contributed by atoms with van der Waals surface area (Å²) < 4.78 is 5.77. The van der Waals surface area contributed by atoms with Crippen molar-refractivity contribution in [2.24, 2.45) is 0 Å². The quantitative estimate of drug-likeness (QED) is 0.488. The van der Waals surface area contributed by atoms with Crippen molar-refractivity contribution in [3.63, 3.8) is 0 Å². The molecule has 33 heavy (non-hydrogen) atoms. The first-order valence-corrected chi connectivity index (χ1v) is 10.9. The van der Waals surface area contributed by atoms with Crippen molar-refractivity contribution < 1.29 is 23.9 Å². The van der Waals surface area contributed by atoms with E-state index in [0.717, 1.165) is 29.5 Å². The summed E-state index contributed by atoms with van der Waals surface area (Å²) in [4.78, 5) is 40.8. The molecule has 2 heterocycles. The molecule has 3 aromatic rings. The van der Waals surface area contributed by atoms with Crippen LogP contribution in [0.2, 0.25) is 0 Å². The summed E-state index contributed by atoms with van der Waals surface area (Å²) >= 11 is 0. The molecule has 0 aliphatic carbocycles. The van der Waals surface area contributed by atoms with Gasteiger partial charge in [0.25, 0.3) is 0 Å². The summed E-state index contributed by atoms with van der Waals surface area (Å²) in [5, 5.41) is 11.4. The highest BCUT2D eigenvalue weighted by Gasteiger charge is 2.33. The number of carbonyl (C=O) groups excluding carboxylic acids is 2. The van der Waals surface area contributed by atoms with Crippen molar-refractivity contribution in [2.45, 2.75) is 37.8 Å². The van der Waals surface area contributed by atoms with Crippen LogP contribution in [-0.4, -0.2) is 45.9 Å². The van der Waals surface area contributed by atoms with E-state index in [4.69, 9.17) is 4.42 Å². The second-order valence-electron chi connectivity index (χ2n) is 8.02. The molecule has 1 fully saturated rings. The predicted molar refractivity (Wildman–Crippen MR) is 120 cm³/mol. The molecule has 0 spiro atoms. The Labute approximate surface area is 191 Å². The summed E-state index contributed by atoms with van der Waals surface area (Å²) in [7, 11) is 0.